The summed E-state index contributed by atoms with van der Waals surface area (Å²) in [5.74, 6) is -0.726. The first-order valence-electron chi connectivity index (χ1n) is 9.86. The molecule has 1 heterocycles. The fraction of sp³-hybridized carbons (Fsp3) is 0.591. The molecule has 0 N–H and O–H groups in total. The maximum Gasteiger partial charge on any atom is 0.311 e. The van der Waals surface area contributed by atoms with Crippen LogP contribution >= 0.6 is 0 Å². The molecule has 1 fully saturated rings. The summed E-state index contributed by atoms with van der Waals surface area (Å²) < 4.78 is 16.5. The molecule has 0 spiro atoms. The summed E-state index contributed by atoms with van der Waals surface area (Å²) in [6, 6.07) is 4.18. The Bertz CT molecular complexity index is 963. The molecule has 2 aromatic rings. The van der Waals surface area contributed by atoms with Gasteiger partial charge in [0.15, 0.2) is 5.58 Å². The van der Waals surface area contributed by atoms with Crippen LogP contribution in [0.1, 0.15) is 56.9 Å². The van der Waals surface area contributed by atoms with E-state index in [1.54, 1.807) is 0 Å². The van der Waals surface area contributed by atoms with Gasteiger partial charge in [0.25, 0.3) is 0 Å². The molecule has 28 heavy (non-hydrogen) atoms. The average Bonchev–Trinajstić information content (AvgIpc) is 2.99. The fourth-order valence-electron chi connectivity index (χ4n) is 5.93. The van der Waals surface area contributed by atoms with E-state index in [9.17, 15) is 9.59 Å². The number of aryl methyl sites for hydroxylation is 1. The number of esters is 2. The van der Waals surface area contributed by atoms with E-state index < -0.39 is 5.41 Å². The number of carbonyl (C=O) groups excluding carboxylic acids is 2. The number of fused-ring (bicyclic) bond motifs is 4. The van der Waals surface area contributed by atoms with Gasteiger partial charge in [0.2, 0.25) is 0 Å². The Hall–Kier alpha value is -2.37. The zero-order chi connectivity index (χ0) is 20.3. The highest BCUT2D eigenvalue weighted by molar-refractivity contribution is 5.82. The van der Waals surface area contributed by atoms with E-state index in [1.807, 2.05) is 13.8 Å². The van der Waals surface area contributed by atoms with E-state index in [-0.39, 0.29) is 29.4 Å². The molecule has 0 unspecified atom stereocenters. The van der Waals surface area contributed by atoms with Gasteiger partial charge in [0.1, 0.15) is 6.10 Å². The van der Waals surface area contributed by atoms with E-state index >= 15 is 0 Å². The number of nitrogens with zero attached hydrogens (tertiary/aromatic N) is 1. The van der Waals surface area contributed by atoms with Gasteiger partial charge >= 0.3 is 11.9 Å². The summed E-state index contributed by atoms with van der Waals surface area (Å²) in [5.41, 5.74) is 2.86. The van der Waals surface area contributed by atoms with E-state index in [0.29, 0.717) is 6.42 Å². The molecule has 6 nitrogen and oxygen atoms in total. The summed E-state index contributed by atoms with van der Waals surface area (Å²) in [6.07, 6.45) is 2.72. The third-order valence-corrected chi connectivity index (χ3v) is 7.02. The zero-order valence-electron chi connectivity index (χ0n) is 17.1. The first-order valence-corrected chi connectivity index (χ1v) is 9.86. The smallest absolute Gasteiger partial charge is 0.311 e. The topological polar surface area (TPSA) is 78.6 Å². The monoisotopic (exact) mass is 385 g/mol. The Kier molecular flexibility index (Phi) is 4.28. The summed E-state index contributed by atoms with van der Waals surface area (Å²) >= 11 is 0. The predicted octanol–water partition coefficient (Wildman–Crippen LogP) is 3.86. The Morgan fingerprint density at radius 1 is 1.25 bits per heavy atom. The van der Waals surface area contributed by atoms with Gasteiger partial charge in [-0.05, 0) is 49.9 Å². The van der Waals surface area contributed by atoms with Gasteiger partial charge in [-0.15, -0.1) is 0 Å². The largest absolute Gasteiger partial charge is 0.469 e. The molecule has 0 aliphatic heterocycles. The Labute approximate surface area is 164 Å². The highest BCUT2D eigenvalue weighted by atomic mass is 16.5. The van der Waals surface area contributed by atoms with Crippen molar-refractivity contribution in [3.8, 4) is 0 Å². The Balaban J connectivity index is 1.94. The standard InChI is InChI=1S/C22H27NO5/c1-12-15-9-14-10-18(27-13(2)24)19-21(3,16(14)11-17(15)28-23-12)7-6-8-22(19,4)20(25)26-5/h9,11,18-19H,6-8,10H2,1-5H3/t18-,19-,21-,22-/m1/s1. The molecular formula is C22H27NO5. The van der Waals surface area contributed by atoms with Crippen LogP contribution in [0.2, 0.25) is 0 Å². The van der Waals surface area contributed by atoms with Crippen molar-refractivity contribution >= 4 is 22.9 Å². The van der Waals surface area contributed by atoms with Crippen LogP contribution in [0.3, 0.4) is 0 Å². The number of aromatic nitrogens is 1. The average molecular weight is 385 g/mol. The van der Waals surface area contributed by atoms with Gasteiger partial charge in [0, 0.05) is 30.1 Å². The molecule has 1 aromatic heterocycles. The third-order valence-electron chi connectivity index (χ3n) is 7.02. The molecule has 4 rings (SSSR count). The SMILES string of the molecule is COC(=O)[C@]1(C)CCC[C@]2(C)c3cc4onc(C)c4cc3C[C@@H](OC(C)=O)[C@@H]12. The molecule has 0 radical (unpaired) electrons. The second-order valence-electron chi connectivity index (χ2n) is 8.78. The zero-order valence-corrected chi connectivity index (χ0v) is 17.1. The quantitative estimate of drug-likeness (QED) is 0.731. The maximum atomic E-state index is 12.9. The minimum atomic E-state index is -0.716. The van der Waals surface area contributed by atoms with Gasteiger partial charge in [-0.3, -0.25) is 9.59 Å². The Morgan fingerprint density at radius 3 is 2.68 bits per heavy atom. The highest BCUT2D eigenvalue weighted by Crippen LogP contribution is 2.58. The van der Waals surface area contributed by atoms with Crippen molar-refractivity contribution in [1.29, 1.82) is 0 Å². The van der Waals surface area contributed by atoms with Gasteiger partial charge in [-0.2, -0.15) is 0 Å². The van der Waals surface area contributed by atoms with Crippen LogP contribution in [-0.4, -0.2) is 30.3 Å². The number of rotatable bonds is 2. The molecular weight excluding hydrogens is 358 g/mol. The summed E-state index contributed by atoms with van der Waals surface area (Å²) in [6.45, 7) is 7.49. The van der Waals surface area contributed by atoms with Gasteiger partial charge in [-0.1, -0.05) is 18.5 Å². The summed E-state index contributed by atoms with van der Waals surface area (Å²) in [7, 11) is 1.43. The second kappa shape index (κ2) is 6.33. The van der Waals surface area contributed by atoms with Crippen LogP contribution in [0.25, 0.3) is 11.0 Å². The van der Waals surface area contributed by atoms with Crippen molar-refractivity contribution in [2.24, 2.45) is 11.3 Å². The lowest BCUT2D eigenvalue weighted by Crippen LogP contribution is -2.59. The second-order valence-corrected chi connectivity index (χ2v) is 8.78. The molecule has 4 atom stereocenters. The molecule has 150 valence electrons. The number of benzene rings is 1. The van der Waals surface area contributed by atoms with Crippen molar-refractivity contribution in [3.63, 3.8) is 0 Å². The third kappa shape index (κ3) is 2.57. The first-order chi connectivity index (χ1) is 13.2. The number of hydrogen-bond acceptors (Lipinski definition) is 6. The van der Waals surface area contributed by atoms with Crippen molar-refractivity contribution < 1.29 is 23.6 Å². The summed E-state index contributed by atoms with van der Waals surface area (Å²) in [5, 5.41) is 5.08. The van der Waals surface area contributed by atoms with Crippen molar-refractivity contribution in [2.45, 2.75) is 64.9 Å². The van der Waals surface area contributed by atoms with Crippen molar-refractivity contribution in [1.82, 2.24) is 5.16 Å². The van der Waals surface area contributed by atoms with E-state index in [0.717, 1.165) is 41.5 Å². The normalized spacial score (nSPS) is 31.8. The van der Waals surface area contributed by atoms with Crippen LogP contribution in [0.5, 0.6) is 0 Å². The van der Waals surface area contributed by atoms with Gasteiger partial charge in [0.05, 0.1) is 18.2 Å². The predicted molar refractivity (Wildman–Crippen MR) is 103 cm³/mol. The number of ether oxygens (including phenoxy) is 2. The number of methoxy groups -OCH3 is 1. The van der Waals surface area contributed by atoms with Crippen molar-refractivity contribution in [3.05, 3.63) is 29.0 Å². The van der Waals surface area contributed by atoms with Crippen LogP contribution in [0.4, 0.5) is 0 Å². The van der Waals surface area contributed by atoms with Crippen LogP contribution < -0.4 is 0 Å². The lowest BCUT2D eigenvalue weighted by molar-refractivity contribution is -0.176. The minimum Gasteiger partial charge on any atom is -0.469 e. The van der Waals surface area contributed by atoms with Crippen LogP contribution in [-0.2, 0) is 30.9 Å². The van der Waals surface area contributed by atoms with Crippen molar-refractivity contribution in [2.75, 3.05) is 7.11 Å². The first kappa shape index (κ1) is 19.0. The van der Waals surface area contributed by atoms with E-state index in [1.165, 1.54) is 19.6 Å². The van der Waals surface area contributed by atoms with Gasteiger partial charge in [-0.25, -0.2) is 0 Å². The van der Waals surface area contributed by atoms with Crippen LogP contribution in [0, 0.1) is 18.3 Å². The maximum absolute atomic E-state index is 12.9. The number of hydrogen-bond donors (Lipinski definition) is 0. The fourth-order valence-corrected chi connectivity index (χ4v) is 5.93. The van der Waals surface area contributed by atoms with E-state index in [2.05, 4.69) is 24.2 Å². The molecule has 6 heteroatoms. The molecule has 1 aromatic carbocycles. The minimum absolute atomic E-state index is 0.168. The van der Waals surface area contributed by atoms with Gasteiger partial charge < -0.3 is 14.0 Å². The molecule has 0 bridgehead atoms. The Morgan fingerprint density at radius 2 is 2.00 bits per heavy atom. The number of carbonyl (C=O) groups is 2. The highest BCUT2D eigenvalue weighted by Gasteiger charge is 2.60. The van der Waals surface area contributed by atoms with Crippen LogP contribution in [0.15, 0.2) is 16.7 Å². The lowest BCUT2D eigenvalue weighted by atomic mass is 9.49. The lowest BCUT2D eigenvalue weighted by Gasteiger charge is -2.56. The van der Waals surface area contributed by atoms with E-state index in [4.69, 9.17) is 14.0 Å². The molecule has 0 saturated heterocycles. The summed E-state index contributed by atoms with van der Waals surface area (Å²) in [4.78, 5) is 24.8. The molecule has 1 saturated carbocycles. The molecule has 2 aliphatic carbocycles. The molecule has 2 aliphatic rings. The molecule has 0 amide bonds.